The molecule has 4 heterocycles. The van der Waals surface area contributed by atoms with Crippen LogP contribution in [0.3, 0.4) is 0 Å². The largest absolute Gasteiger partial charge is 0.381 e. The Balaban J connectivity index is 1.14. The van der Waals surface area contributed by atoms with Crippen molar-refractivity contribution in [2.45, 2.75) is 57.2 Å². The van der Waals surface area contributed by atoms with Crippen LogP contribution in [0.5, 0.6) is 0 Å². The van der Waals surface area contributed by atoms with Crippen molar-refractivity contribution in [3.8, 4) is 0 Å². The second kappa shape index (κ2) is 8.13. The zero-order valence-corrected chi connectivity index (χ0v) is 18.1. The molecule has 2 saturated heterocycles. The van der Waals surface area contributed by atoms with Crippen LogP contribution in [0.1, 0.15) is 37.9 Å². The highest BCUT2D eigenvalue weighted by molar-refractivity contribution is 5.80. The summed E-state index contributed by atoms with van der Waals surface area (Å²) in [5.41, 5.74) is 3.86. The van der Waals surface area contributed by atoms with Crippen molar-refractivity contribution >= 4 is 16.7 Å². The first-order valence-corrected chi connectivity index (χ1v) is 12.1. The Kier molecular flexibility index (Phi) is 5.18. The molecule has 1 aromatic carbocycles. The van der Waals surface area contributed by atoms with E-state index in [0.29, 0.717) is 0 Å². The Labute approximate surface area is 179 Å². The van der Waals surface area contributed by atoms with Gasteiger partial charge < -0.3 is 14.2 Å². The fourth-order valence-corrected chi connectivity index (χ4v) is 5.90. The number of rotatable bonds is 3. The van der Waals surface area contributed by atoms with E-state index in [4.69, 9.17) is 9.72 Å². The van der Waals surface area contributed by atoms with E-state index < -0.39 is 0 Å². The molecule has 0 unspecified atom stereocenters. The molecular weight excluding hydrogens is 374 g/mol. The number of ether oxygens (including phenoxy) is 1. The van der Waals surface area contributed by atoms with E-state index in [-0.39, 0.29) is 0 Å². The predicted molar refractivity (Wildman–Crippen MR) is 120 cm³/mol. The Morgan fingerprint density at radius 1 is 0.800 bits per heavy atom. The van der Waals surface area contributed by atoms with E-state index in [1.54, 1.807) is 0 Å². The van der Waals surface area contributed by atoms with Crippen molar-refractivity contribution in [1.29, 1.82) is 0 Å². The molecule has 3 aliphatic heterocycles. The summed E-state index contributed by atoms with van der Waals surface area (Å²) in [5, 5.41) is 0. The molecule has 0 amide bonds. The number of piperazine rings is 1. The van der Waals surface area contributed by atoms with Gasteiger partial charge in [0.15, 0.2) is 0 Å². The second-order valence-corrected chi connectivity index (χ2v) is 9.59. The third-order valence-electron chi connectivity index (χ3n) is 8.02. The summed E-state index contributed by atoms with van der Waals surface area (Å²) in [6.45, 7) is 9.88. The zero-order chi connectivity index (χ0) is 19.9. The molecule has 1 saturated carbocycles. The van der Waals surface area contributed by atoms with Gasteiger partial charge in [-0.2, -0.15) is 0 Å². The molecule has 6 rings (SSSR count). The van der Waals surface area contributed by atoms with Crippen LogP contribution in [0.4, 0.5) is 5.69 Å². The van der Waals surface area contributed by atoms with Gasteiger partial charge in [0.25, 0.3) is 0 Å². The lowest BCUT2D eigenvalue weighted by Gasteiger charge is -2.41. The lowest BCUT2D eigenvalue weighted by molar-refractivity contribution is 0.0321. The molecule has 162 valence electrons. The number of hydrogen-bond acceptors (Lipinski definition) is 5. The second-order valence-electron chi connectivity index (χ2n) is 9.59. The Morgan fingerprint density at radius 2 is 1.53 bits per heavy atom. The lowest BCUT2D eigenvalue weighted by Crippen LogP contribution is -2.51. The van der Waals surface area contributed by atoms with Gasteiger partial charge in [-0.1, -0.05) is 6.42 Å². The minimum Gasteiger partial charge on any atom is -0.381 e. The fourth-order valence-electron chi connectivity index (χ4n) is 5.90. The number of hydrogen-bond donors (Lipinski definition) is 0. The molecule has 0 atom stereocenters. The van der Waals surface area contributed by atoms with E-state index in [2.05, 4.69) is 37.5 Å². The molecule has 1 aromatic heterocycles. The molecule has 0 bridgehead atoms. The van der Waals surface area contributed by atoms with Crippen molar-refractivity contribution < 1.29 is 4.74 Å². The summed E-state index contributed by atoms with van der Waals surface area (Å²) >= 11 is 0. The van der Waals surface area contributed by atoms with E-state index in [1.165, 1.54) is 80.8 Å². The first-order chi connectivity index (χ1) is 14.8. The van der Waals surface area contributed by atoms with E-state index >= 15 is 0 Å². The van der Waals surface area contributed by atoms with Crippen molar-refractivity contribution in [1.82, 2.24) is 19.4 Å². The van der Waals surface area contributed by atoms with Crippen molar-refractivity contribution in [3.05, 3.63) is 24.0 Å². The van der Waals surface area contributed by atoms with Crippen LogP contribution in [0.25, 0.3) is 11.0 Å². The van der Waals surface area contributed by atoms with Gasteiger partial charge in [0, 0.05) is 83.2 Å². The molecule has 6 nitrogen and oxygen atoms in total. The number of benzene rings is 1. The topological polar surface area (TPSA) is 36.8 Å². The monoisotopic (exact) mass is 409 g/mol. The van der Waals surface area contributed by atoms with Gasteiger partial charge in [-0.15, -0.1) is 0 Å². The van der Waals surface area contributed by atoms with Crippen LogP contribution >= 0.6 is 0 Å². The zero-order valence-electron chi connectivity index (χ0n) is 18.1. The van der Waals surface area contributed by atoms with Crippen LogP contribution in [0, 0.1) is 0 Å². The molecule has 30 heavy (non-hydrogen) atoms. The first kappa shape index (κ1) is 19.1. The molecule has 0 N–H and O–H groups in total. The molecule has 6 heteroatoms. The average molecular weight is 410 g/mol. The minimum atomic E-state index is 0.728. The SMILES string of the molecule is c1cc2c(cc1N1CCN(C3CCOCC3)CC1)nc1n2CCN(C2CCC2)CC1. The van der Waals surface area contributed by atoms with Gasteiger partial charge in [-0.05, 0) is 43.9 Å². The lowest BCUT2D eigenvalue weighted by atomic mass is 9.91. The maximum absolute atomic E-state index is 5.54. The maximum Gasteiger partial charge on any atom is 0.111 e. The molecule has 2 aromatic rings. The van der Waals surface area contributed by atoms with Gasteiger partial charge in [-0.25, -0.2) is 4.98 Å². The molecule has 0 spiro atoms. The van der Waals surface area contributed by atoms with Crippen molar-refractivity contribution in [2.75, 3.05) is 57.4 Å². The average Bonchev–Trinajstić information content (AvgIpc) is 2.99. The summed E-state index contributed by atoms with van der Waals surface area (Å²) < 4.78 is 8.03. The summed E-state index contributed by atoms with van der Waals surface area (Å²) in [7, 11) is 0. The standard InChI is InChI=1S/C24H35N5O/c1-2-19(3-1)26-9-6-24-25-22-18-21(4-5-23(22)29(24)15-14-26)28-12-10-27(11-13-28)20-7-16-30-17-8-20/h4-5,18-20H,1-3,6-17H2. The highest BCUT2D eigenvalue weighted by Crippen LogP contribution is 2.29. The van der Waals surface area contributed by atoms with Gasteiger partial charge in [0.1, 0.15) is 5.82 Å². The summed E-state index contributed by atoms with van der Waals surface area (Å²) in [6.07, 6.45) is 7.70. The van der Waals surface area contributed by atoms with Crippen LogP contribution in [0.2, 0.25) is 0 Å². The van der Waals surface area contributed by atoms with Crippen molar-refractivity contribution in [3.63, 3.8) is 0 Å². The molecule has 1 aliphatic carbocycles. The molecular formula is C24H35N5O. The van der Waals surface area contributed by atoms with Gasteiger partial charge in [0.2, 0.25) is 0 Å². The number of fused-ring (bicyclic) bond motifs is 3. The van der Waals surface area contributed by atoms with E-state index in [9.17, 15) is 0 Å². The van der Waals surface area contributed by atoms with E-state index in [1.807, 2.05) is 0 Å². The molecule has 4 aliphatic rings. The van der Waals surface area contributed by atoms with E-state index in [0.717, 1.165) is 51.4 Å². The summed E-state index contributed by atoms with van der Waals surface area (Å²) in [6, 6.07) is 8.56. The van der Waals surface area contributed by atoms with Crippen LogP contribution < -0.4 is 4.90 Å². The van der Waals surface area contributed by atoms with Crippen LogP contribution in [-0.2, 0) is 17.7 Å². The number of imidazole rings is 1. The Bertz CT molecular complexity index is 877. The van der Waals surface area contributed by atoms with Crippen LogP contribution in [0.15, 0.2) is 18.2 Å². The highest BCUT2D eigenvalue weighted by Gasteiger charge is 2.28. The molecule has 0 radical (unpaired) electrons. The number of nitrogens with zero attached hydrogens (tertiary/aromatic N) is 5. The minimum absolute atomic E-state index is 0.728. The predicted octanol–water partition coefficient (Wildman–Crippen LogP) is 2.75. The Hall–Kier alpha value is -1.63. The Morgan fingerprint density at radius 3 is 2.30 bits per heavy atom. The number of aromatic nitrogens is 2. The summed E-state index contributed by atoms with van der Waals surface area (Å²) in [4.78, 5) is 13.0. The normalized spacial score (nSPS) is 25.3. The quantitative estimate of drug-likeness (QED) is 0.779. The van der Waals surface area contributed by atoms with Crippen molar-refractivity contribution in [2.24, 2.45) is 0 Å². The van der Waals surface area contributed by atoms with Crippen LogP contribution in [-0.4, -0.2) is 83.9 Å². The number of anilines is 1. The summed E-state index contributed by atoms with van der Waals surface area (Å²) in [5.74, 6) is 1.29. The smallest absolute Gasteiger partial charge is 0.111 e. The highest BCUT2D eigenvalue weighted by atomic mass is 16.5. The molecule has 3 fully saturated rings. The van der Waals surface area contributed by atoms with Gasteiger partial charge in [-0.3, -0.25) is 9.80 Å². The third-order valence-corrected chi connectivity index (χ3v) is 8.02. The van der Waals surface area contributed by atoms with Gasteiger partial charge in [0.05, 0.1) is 11.0 Å². The third kappa shape index (κ3) is 3.53. The fraction of sp³-hybridized carbons (Fsp3) is 0.708. The first-order valence-electron chi connectivity index (χ1n) is 12.1. The maximum atomic E-state index is 5.54. The van der Waals surface area contributed by atoms with Gasteiger partial charge >= 0.3 is 0 Å².